The van der Waals surface area contributed by atoms with Gasteiger partial charge in [-0.3, -0.25) is 4.79 Å². The van der Waals surface area contributed by atoms with E-state index in [2.05, 4.69) is 15.4 Å². The molecule has 0 aliphatic carbocycles. The number of carbonyl (C=O) groups excluding carboxylic acids is 1. The second kappa shape index (κ2) is 7.23. The molecule has 0 spiro atoms. The van der Waals surface area contributed by atoms with E-state index in [1.165, 1.54) is 0 Å². The number of ether oxygens (including phenoxy) is 1. The zero-order chi connectivity index (χ0) is 17.1. The van der Waals surface area contributed by atoms with Gasteiger partial charge in [-0.1, -0.05) is 16.8 Å². The molecule has 6 nitrogen and oxygen atoms in total. The van der Waals surface area contributed by atoms with Gasteiger partial charge >= 0.3 is 0 Å². The first kappa shape index (κ1) is 16.8. The van der Waals surface area contributed by atoms with E-state index in [4.69, 9.17) is 20.9 Å². The Morgan fingerprint density at radius 2 is 2.08 bits per heavy atom. The van der Waals surface area contributed by atoms with Crippen LogP contribution >= 0.6 is 11.6 Å². The fraction of sp³-hybridized carbons (Fsp3) is 0.412. The monoisotopic (exact) mass is 349 g/mol. The molecule has 0 atom stereocenters. The minimum absolute atomic E-state index is 0.124. The highest BCUT2D eigenvalue weighted by molar-refractivity contribution is 6.31. The zero-order valence-electron chi connectivity index (χ0n) is 13.8. The van der Waals surface area contributed by atoms with Gasteiger partial charge in [0.1, 0.15) is 5.76 Å². The van der Waals surface area contributed by atoms with E-state index in [0.717, 1.165) is 30.0 Å². The van der Waals surface area contributed by atoms with Crippen LogP contribution in [-0.4, -0.2) is 37.4 Å². The molecule has 2 heterocycles. The van der Waals surface area contributed by atoms with Crippen molar-refractivity contribution in [3.8, 4) is 0 Å². The Bertz CT molecular complexity index is 719. The summed E-state index contributed by atoms with van der Waals surface area (Å²) in [6, 6.07) is 5.53. The maximum Gasteiger partial charge on any atom is 0.229 e. The molecule has 128 valence electrons. The van der Waals surface area contributed by atoms with Gasteiger partial charge in [0.2, 0.25) is 5.91 Å². The summed E-state index contributed by atoms with van der Waals surface area (Å²) in [7, 11) is 0. The number of nitrogens with one attached hydrogen (secondary N) is 1. The average Bonchev–Trinajstić information content (AvgIpc) is 2.88. The summed E-state index contributed by atoms with van der Waals surface area (Å²) in [6.07, 6.45) is 0.218. The maximum absolute atomic E-state index is 12.5. The van der Waals surface area contributed by atoms with E-state index in [1.807, 2.05) is 19.1 Å². The van der Waals surface area contributed by atoms with Crippen molar-refractivity contribution in [2.45, 2.75) is 20.3 Å². The standard InChI is InChI=1S/C17H20ClN3O3/c1-11-14(12(2)24-20-11)10-17(22)19-15-9-13(18)3-4-16(15)21-5-7-23-8-6-21/h3-4,9H,5-8,10H2,1-2H3,(H,19,22). The first-order valence-corrected chi connectivity index (χ1v) is 8.26. The predicted octanol–water partition coefficient (Wildman–Crippen LogP) is 2.96. The molecule has 1 aliphatic heterocycles. The highest BCUT2D eigenvalue weighted by Gasteiger charge is 2.18. The second-order valence-corrected chi connectivity index (χ2v) is 6.23. The molecule has 2 aromatic rings. The molecule has 1 aromatic heterocycles. The highest BCUT2D eigenvalue weighted by atomic mass is 35.5. The molecule has 1 N–H and O–H groups in total. The number of anilines is 2. The average molecular weight is 350 g/mol. The first-order valence-electron chi connectivity index (χ1n) is 7.88. The molecule has 0 saturated carbocycles. The van der Waals surface area contributed by atoms with E-state index >= 15 is 0 Å². The second-order valence-electron chi connectivity index (χ2n) is 5.79. The number of carbonyl (C=O) groups is 1. The van der Waals surface area contributed by atoms with Crippen LogP contribution in [-0.2, 0) is 16.0 Å². The predicted molar refractivity (Wildman–Crippen MR) is 92.8 cm³/mol. The lowest BCUT2D eigenvalue weighted by atomic mass is 10.1. The Kier molecular flexibility index (Phi) is 5.06. The van der Waals surface area contributed by atoms with Crippen LogP contribution in [0.3, 0.4) is 0 Å². The van der Waals surface area contributed by atoms with E-state index in [9.17, 15) is 4.79 Å². The quantitative estimate of drug-likeness (QED) is 0.919. The van der Waals surface area contributed by atoms with Crippen molar-refractivity contribution in [2.24, 2.45) is 0 Å². The molecule has 7 heteroatoms. The van der Waals surface area contributed by atoms with Crippen LogP contribution < -0.4 is 10.2 Å². The summed E-state index contributed by atoms with van der Waals surface area (Å²) >= 11 is 6.11. The van der Waals surface area contributed by atoms with E-state index in [0.29, 0.717) is 29.7 Å². The summed E-state index contributed by atoms with van der Waals surface area (Å²) in [5, 5.41) is 7.43. The van der Waals surface area contributed by atoms with Crippen LogP contribution in [0.25, 0.3) is 0 Å². The van der Waals surface area contributed by atoms with Crippen LogP contribution in [0.1, 0.15) is 17.0 Å². The molecule has 24 heavy (non-hydrogen) atoms. The SMILES string of the molecule is Cc1noc(C)c1CC(=O)Nc1cc(Cl)ccc1N1CCOCC1. The molecular formula is C17H20ClN3O3. The number of hydrogen-bond donors (Lipinski definition) is 1. The smallest absolute Gasteiger partial charge is 0.229 e. The van der Waals surface area contributed by atoms with Crippen LogP contribution in [0.5, 0.6) is 0 Å². The van der Waals surface area contributed by atoms with Gasteiger partial charge in [-0.15, -0.1) is 0 Å². The summed E-state index contributed by atoms with van der Waals surface area (Å²) in [4.78, 5) is 14.6. The third-order valence-electron chi connectivity index (χ3n) is 4.10. The molecule has 0 radical (unpaired) electrons. The Labute approximate surface area is 145 Å². The minimum atomic E-state index is -0.124. The van der Waals surface area contributed by atoms with Gasteiger partial charge in [0.25, 0.3) is 0 Å². The minimum Gasteiger partial charge on any atom is -0.378 e. The third kappa shape index (κ3) is 3.71. The Hall–Kier alpha value is -2.05. The summed E-state index contributed by atoms with van der Waals surface area (Å²) in [5.41, 5.74) is 3.22. The van der Waals surface area contributed by atoms with E-state index in [1.54, 1.807) is 13.0 Å². The van der Waals surface area contributed by atoms with Crippen LogP contribution in [0.4, 0.5) is 11.4 Å². The highest BCUT2D eigenvalue weighted by Crippen LogP contribution is 2.30. The first-order chi connectivity index (χ1) is 11.5. The van der Waals surface area contributed by atoms with Crippen molar-refractivity contribution in [1.29, 1.82) is 0 Å². The molecular weight excluding hydrogens is 330 g/mol. The molecule has 0 unspecified atom stereocenters. The normalized spacial score (nSPS) is 14.7. The molecule has 1 aliphatic rings. The number of aromatic nitrogens is 1. The molecule has 1 amide bonds. The third-order valence-corrected chi connectivity index (χ3v) is 4.34. The number of benzene rings is 1. The van der Waals surface area contributed by atoms with Crippen molar-refractivity contribution in [2.75, 3.05) is 36.5 Å². The number of halogens is 1. The number of nitrogens with zero attached hydrogens (tertiary/aromatic N) is 2. The van der Waals surface area contributed by atoms with Crippen molar-refractivity contribution in [1.82, 2.24) is 5.16 Å². The van der Waals surface area contributed by atoms with Crippen molar-refractivity contribution in [3.63, 3.8) is 0 Å². The molecule has 1 aromatic carbocycles. The molecule has 1 saturated heterocycles. The molecule has 0 bridgehead atoms. The number of morpholine rings is 1. The van der Waals surface area contributed by atoms with Crippen molar-refractivity contribution in [3.05, 3.63) is 40.2 Å². The Morgan fingerprint density at radius 3 is 2.75 bits per heavy atom. The summed E-state index contributed by atoms with van der Waals surface area (Å²) in [6.45, 7) is 6.56. The van der Waals surface area contributed by atoms with Gasteiger partial charge in [-0.05, 0) is 32.0 Å². The number of hydrogen-bond acceptors (Lipinski definition) is 5. The van der Waals surface area contributed by atoms with Crippen molar-refractivity contribution >= 4 is 28.9 Å². The topological polar surface area (TPSA) is 67.6 Å². The van der Waals surface area contributed by atoms with Crippen LogP contribution in [0.2, 0.25) is 5.02 Å². The maximum atomic E-state index is 12.5. The molecule has 1 fully saturated rings. The lowest BCUT2D eigenvalue weighted by molar-refractivity contribution is -0.115. The van der Waals surface area contributed by atoms with E-state index in [-0.39, 0.29) is 12.3 Å². The lowest BCUT2D eigenvalue weighted by Gasteiger charge is -2.30. The van der Waals surface area contributed by atoms with Gasteiger partial charge in [0.05, 0.1) is 36.7 Å². The van der Waals surface area contributed by atoms with Crippen LogP contribution in [0.15, 0.2) is 22.7 Å². The van der Waals surface area contributed by atoms with E-state index < -0.39 is 0 Å². The zero-order valence-corrected chi connectivity index (χ0v) is 14.5. The fourth-order valence-corrected chi connectivity index (χ4v) is 2.97. The van der Waals surface area contributed by atoms with Gasteiger partial charge in [0, 0.05) is 23.7 Å². The summed E-state index contributed by atoms with van der Waals surface area (Å²) < 4.78 is 10.5. The van der Waals surface area contributed by atoms with Crippen LogP contribution in [0, 0.1) is 13.8 Å². The number of amides is 1. The van der Waals surface area contributed by atoms with Gasteiger partial charge < -0.3 is 19.5 Å². The Balaban J connectivity index is 1.78. The number of rotatable bonds is 4. The largest absolute Gasteiger partial charge is 0.378 e. The lowest BCUT2D eigenvalue weighted by Crippen LogP contribution is -2.36. The van der Waals surface area contributed by atoms with Gasteiger partial charge in [0.15, 0.2) is 0 Å². The summed E-state index contributed by atoms with van der Waals surface area (Å²) in [5.74, 6) is 0.545. The van der Waals surface area contributed by atoms with Gasteiger partial charge in [-0.25, -0.2) is 0 Å². The van der Waals surface area contributed by atoms with Gasteiger partial charge in [-0.2, -0.15) is 0 Å². The van der Waals surface area contributed by atoms with Crippen molar-refractivity contribution < 1.29 is 14.1 Å². The Morgan fingerprint density at radius 1 is 1.33 bits per heavy atom. The number of aryl methyl sites for hydroxylation is 2. The molecule has 3 rings (SSSR count). The fourth-order valence-electron chi connectivity index (χ4n) is 2.80.